The number of hydrogen-bond acceptors (Lipinski definition) is 5. The third-order valence-electron chi connectivity index (χ3n) is 4.26. The summed E-state index contributed by atoms with van der Waals surface area (Å²) in [5, 5.41) is 5.04. The minimum atomic E-state index is -0.352. The Labute approximate surface area is 174 Å². The van der Waals surface area contributed by atoms with E-state index in [0.717, 1.165) is 0 Å². The number of rotatable bonds is 5. The minimum Gasteiger partial charge on any atom is -0.325 e. The number of para-hydroxylation sites is 1. The monoisotopic (exact) mass is 425 g/mol. The van der Waals surface area contributed by atoms with Crippen LogP contribution in [0.25, 0.3) is 15.9 Å². The number of aryl methyl sites for hydroxylation is 1. The molecule has 8 heteroatoms. The van der Waals surface area contributed by atoms with Crippen LogP contribution in [0, 0.1) is 12.7 Å². The predicted molar refractivity (Wildman–Crippen MR) is 116 cm³/mol. The summed E-state index contributed by atoms with van der Waals surface area (Å²) in [4.78, 5) is 30.0. The summed E-state index contributed by atoms with van der Waals surface area (Å²) in [6.07, 6.45) is 0. The van der Waals surface area contributed by atoms with Gasteiger partial charge >= 0.3 is 0 Å². The van der Waals surface area contributed by atoms with Gasteiger partial charge < -0.3 is 5.32 Å². The van der Waals surface area contributed by atoms with Crippen molar-refractivity contribution in [2.45, 2.75) is 12.1 Å². The molecule has 146 valence electrons. The highest BCUT2D eigenvalue weighted by Crippen LogP contribution is 2.24. The first-order valence-corrected chi connectivity index (χ1v) is 10.6. The second-order valence-electron chi connectivity index (χ2n) is 6.30. The summed E-state index contributed by atoms with van der Waals surface area (Å²) >= 11 is 2.53. The van der Waals surface area contributed by atoms with Crippen molar-refractivity contribution in [1.82, 2.24) is 9.55 Å². The number of thioether (sulfide) groups is 1. The van der Waals surface area contributed by atoms with E-state index in [1.54, 1.807) is 13.0 Å². The van der Waals surface area contributed by atoms with Gasteiger partial charge in [-0.15, -0.1) is 11.3 Å². The number of halogens is 1. The summed E-state index contributed by atoms with van der Waals surface area (Å²) in [5.74, 6) is -0.551. The zero-order valence-electron chi connectivity index (χ0n) is 15.4. The number of carbonyl (C=O) groups excluding carboxylic acids is 1. The Morgan fingerprint density at radius 2 is 2.00 bits per heavy atom. The molecular formula is C21H16FN3O2S2. The highest BCUT2D eigenvalue weighted by atomic mass is 32.2. The van der Waals surface area contributed by atoms with Crippen molar-refractivity contribution in [2.75, 3.05) is 11.1 Å². The number of anilines is 1. The quantitative estimate of drug-likeness (QED) is 0.374. The zero-order chi connectivity index (χ0) is 20.4. The highest BCUT2D eigenvalue weighted by molar-refractivity contribution is 7.99. The van der Waals surface area contributed by atoms with Crippen molar-refractivity contribution >= 4 is 44.9 Å². The van der Waals surface area contributed by atoms with Gasteiger partial charge in [-0.1, -0.05) is 30.0 Å². The lowest BCUT2D eigenvalue weighted by Crippen LogP contribution is -2.22. The van der Waals surface area contributed by atoms with Crippen molar-refractivity contribution in [2.24, 2.45) is 0 Å². The van der Waals surface area contributed by atoms with Gasteiger partial charge in [0, 0.05) is 5.69 Å². The molecule has 2 aromatic heterocycles. The van der Waals surface area contributed by atoms with Gasteiger partial charge in [-0.3, -0.25) is 14.2 Å². The van der Waals surface area contributed by atoms with Gasteiger partial charge in [0.25, 0.3) is 5.56 Å². The number of nitrogens with one attached hydrogen (secondary N) is 1. The van der Waals surface area contributed by atoms with Gasteiger partial charge in [-0.05, 0) is 54.3 Å². The number of hydrogen-bond donors (Lipinski definition) is 1. The van der Waals surface area contributed by atoms with Crippen LogP contribution < -0.4 is 10.9 Å². The molecule has 5 nitrogen and oxygen atoms in total. The molecule has 29 heavy (non-hydrogen) atoms. The lowest BCUT2D eigenvalue weighted by atomic mass is 10.2. The third kappa shape index (κ3) is 4.08. The SMILES string of the molecule is Cc1cc(F)ccc1NC(=O)CSc1nc2ccsc2c(=O)n1-c1ccccc1. The maximum absolute atomic E-state index is 13.2. The van der Waals surface area contributed by atoms with Crippen molar-refractivity contribution in [3.05, 3.63) is 81.7 Å². The van der Waals surface area contributed by atoms with Crippen LogP contribution in [-0.4, -0.2) is 21.2 Å². The van der Waals surface area contributed by atoms with E-state index in [1.165, 1.54) is 45.9 Å². The normalized spacial score (nSPS) is 11.0. The lowest BCUT2D eigenvalue weighted by molar-refractivity contribution is -0.113. The van der Waals surface area contributed by atoms with Crippen LogP contribution in [0.15, 0.2) is 69.9 Å². The Balaban J connectivity index is 1.62. The molecule has 0 atom stereocenters. The van der Waals surface area contributed by atoms with Crippen molar-refractivity contribution in [3.8, 4) is 5.69 Å². The van der Waals surface area contributed by atoms with Crippen LogP contribution in [0.1, 0.15) is 5.56 Å². The number of benzene rings is 2. The van der Waals surface area contributed by atoms with E-state index in [1.807, 2.05) is 35.7 Å². The molecule has 4 aromatic rings. The van der Waals surface area contributed by atoms with Crippen LogP contribution in [0.2, 0.25) is 0 Å². The maximum Gasteiger partial charge on any atom is 0.276 e. The number of thiophene rings is 1. The van der Waals surface area contributed by atoms with E-state index in [4.69, 9.17) is 0 Å². The number of nitrogens with zero attached hydrogens (tertiary/aromatic N) is 2. The Morgan fingerprint density at radius 3 is 2.76 bits per heavy atom. The molecule has 1 N–H and O–H groups in total. The van der Waals surface area contributed by atoms with Crippen LogP contribution in [-0.2, 0) is 4.79 Å². The van der Waals surface area contributed by atoms with Crippen LogP contribution >= 0.6 is 23.1 Å². The molecule has 0 radical (unpaired) electrons. The summed E-state index contributed by atoms with van der Waals surface area (Å²) < 4.78 is 15.3. The number of amides is 1. The second-order valence-corrected chi connectivity index (χ2v) is 8.16. The topological polar surface area (TPSA) is 64.0 Å². The molecule has 0 saturated heterocycles. The average Bonchev–Trinajstić information content (AvgIpc) is 3.18. The van der Waals surface area contributed by atoms with Gasteiger partial charge in [0.1, 0.15) is 10.5 Å². The average molecular weight is 426 g/mol. The predicted octanol–water partition coefficient (Wildman–Crippen LogP) is 4.63. The molecule has 4 rings (SSSR count). The molecule has 0 aliphatic carbocycles. The fraction of sp³-hybridized carbons (Fsp3) is 0.0952. The van der Waals surface area contributed by atoms with E-state index in [-0.39, 0.29) is 23.0 Å². The van der Waals surface area contributed by atoms with Crippen molar-refractivity contribution < 1.29 is 9.18 Å². The highest BCUT2D eigenvalue weighted by Gasteiger charge is 2.16. The Hall–Kier alpha value is -2.97. The third-order valence-corrected chi connectivity index (χ3v) is 6.09. The van der Waals surface area contributed by atoms with Crippen LogP contribution in [0.3, 0.4) is 0 Å². The van der Waals surface area contributed by atoms with Gasteiger partial charge in [0.05, 0.1) is 17.0 Å². The molecule has 0 spiro atoms. The molecule has 0 fully saturated rings. The Kier molecular flexibility index (Phi) is 5.46. The molecule has 1 amide bonds. The molecule has 0 aliphatic rings. The summed E-state index contributed by atoms with van der Waals surface area (Å²) in [7, 11) is 0. The molecule has 0 unspecified atom stereocenters. The largest absolute Gasteiger partial charge is 0.325 e. The summed E-state index contributed by atoms with van der Waals surface area (Å²) in [5.41, 5.74) is 2.34. The molecule has 2 heterocycles. The fourth-order valence-corrected chi connectivity index (χ4v) is 4.45. The molecule has 0 bridgehead atoms. The standard InChI is InChI=1S/C21H16FN3O2S2/c1-13-11-14(22)7-8-16(13)23-18(26)12-29-21-24-17-9-10-28-19(17)20(27)25(21)15-5-3-2-4-6-15/h2-11H,12H2,1H3,(H,23,26). The molecular weight excluding hydrogens is 409 g/mol. The van der Waals surface area contributed by atoms with Crippen LogP contribution in [0.4, 0.5) is 10.1 Å². The second kappa shape index (κ2) is 8.18. The van der Waals surface area contributed by atoms with Gasteiger partial charge in [0.15, 0.2) is 5.16 Å². The van der Waals surface area contributed by atoms with Crippen molar-refractivity contribution in [1.29, 1.82) is 0 Å². The van der Waals surface area contributed by atoms with Crippen LogP contribution in [0.5, 0.6) is 0 Å². The minimum absolute atomic E-state index is 0.0612. The first kappa shape index (κ1) is 19.4. The number of fused-ring (bicyclic) bond motifs is 1. The Bertz CT molecular complexity index is 1250. The lowest BCUT2D eigenvalue weighted by Gasteiger charge is -2.12. The van der Waals surface area contributed by atoms with Crippen molar-refractivity contribution in [3.63, 3.8) is 0 Å². The number of aromatic nitrogens is 2. The van der Waals surface area contributed by atoms with Gasteiger partial charge in [-0.2, -0.15) is 0 Å². The first-order valence-electron chi connectivity index (χ1n) is 8.77. The van der Waals surface area contributed by atoms with E-state index in [9.17, 15) is 14.0 Å². The molecule has 0 aliphatic heterocycles. The summed E-state index contributed by atoms with van der Waals surface area (Å²) in [6.45, 7) is 1.73. The van der Waals surface area contributed by atoms with E-state index >= 15 is 0 Å². The fourth-order valence-electron chi connectivity index (χ4n) is 2.88. The Morgan fingerprint density at radius 1 is 1.21 bits per heavy atom. The van der Waals surface area contributed by atoms with Gasteiger partial charge in [-0.25, -0.2) is 9.37 Å². The summed E-state index contributed by atoms with van der Waals surface area (Å²) in [6, 6.07) is 15.2. The van der Waals surface area contributed by atoms with Gasteiger partial charge in [0.2, 0.25) is 5.91 Å². The van der Waals surface area contributed by atoms with E-state index < -0.39 is 0 Å². The first-order chi connectivity index (χ1) is 14.0. The zero-order valence-corrected chi connectivity index (χ0v) is 17.0. The molecule has 0 saturated carbocycles. The van der Waals surface area contributed by atoms with E-state index in [2.05, 4.69) is 10.3 Å². The molecule has 2 aromatic carbocycles. The van der Waals surface area contributed by atoms with E-state index in [0.29, 0.717) is 32.3 Å². The maximum atomic E-state index is 13.2. The number of carbonyl (C=O) groups is 1. The smallest absolute Gasteiger partial charge is 0.276 e.